The van der Waals surface area contributed by atoms with Gasteiger partial charge in [0.25, 0.3) is 5.91 Å². The second kappa shape index (κ2) is 5.72. The quantitative estimate of drug-likeness (QED) is 0.480. The van der Waals surface area contributed by atoms with Crippen LogP contribution in [0.25, 0.3) is 0 Å². The summed E-state index contributed by atoms with van der Waals surface area (Å²) in [5, 5.41) is 10.7. The average molecular weight is 331 g/mol. The number of amides is 1. The summed E-state index contributed by atoms with van der Waals surface area (Å²) in [5.41, 5.74) is 4.01. The maximum atomic E-state index is 12.1. The lowest BCUT2D eigenvalue weighted by molar-refractivity contribution is -0.389. The summed E-state index contributed by atoms with van der Waals surface area (Å²) in [4.78, 5) is 41.4. The largest absolute Gasteiger partial charge is 0.444 e. The van der Waals surface area contributed by atoms with E-state index in [0.717, 1.165) is 0 Å². The molecule has 1 aliphatic carbocycles. The Balaban J connectivity index is 1.72. The molecule has 2 heterocycles. The summed E-state index contributed by atoms with van der Waals surface area (Å²) in [6.45, 7) is 0. The van der Waals surface area contributed by atoms with Gasteiger partial charge in [-0.05, 0) is 22.0 Å². The lowest BCUT2D eigenvalue weighted by atomic mass is 9.74. The van der Waals surface area contributed by atoms with Crippen molar-refractivity contribution in [3.8, 4) is 0 Å². The standard InChI is InChI=1S/C14H13N5O5/c15-13(21)14(24-12(20)10-3-1-2-4-16-10)5-9(6-14)18-7-11(17-8-18)19(22)23/h1-4,7-9H,5-6H2,(H2,15,21). The Kier molecular flexibility index (Phi) is 3.72. The van der Waals surface area contributed by atoms with Crippen molar-refractivity contribution in [1.82, 2.24) is 14.5 Å². The van der Waals surface area contributed by atoms with Gasteiger partial charge < -0.3 is 25.2 Å². The van der Waals surface area contributed by atoms with Crippen LogP contribution in [-0.4, -0.2) is 36.9 Å². The van der Waals surface area contributed by atoms with Gasteiger partial charge in [0.2, 0.25) is 6.33 Å². The highest BCUT2D eigenvalue weighted by Gasteiger charge is 2.54. The van der Waals surface area contributed by atoms with E-state index in [0.29, 0.717) is 0 Å². The van der Waals surface area contributed by atoms with Gasteiger partial charge in [-0.3, -0.25) is 4.79 Å². The second-order valence-electron chi connectivity index (χ2n) is 5.46. The Hall–Kier alpha value is -3.30. The molecule has 1 aliphatic rings. The maximum Gasteiger partial charge on any atom is 0.381 e. The molecule has 0 atom stereocenters. The molecule has 24 heavy (non-hydrogen) atoms. The second-order valence-corrected chi connectivity index (χ2v) is 5.46. The minimum absolute atomic E-state index is 0.0693. The molecule has 0 aromatic carbocycles. The molecular weight excluding hydrogens is 318 g/mol. The molecule has 2 aromatic rings. The molecule has 1 fully saturated rings. The zero-order chi connectivity index (χ0) is 17.3. The summed E-state index contributed by atoms with van der Waals surface area (Å²) in [6, 6.07) is 4.46. The van der Waals surface area contributed by atoms with Gasteiger partial charge in [-0.25, -0.2) is 9.78 Å². The minimum atomic E-state index is -1.45. The zero-order valence-corrected chi connectivity index (χ0v) is 12.4. The number of hydrogen-bond acceptors (Lipinski definition) is 7. The molecule has 124 valence electrons. The predicted octanol–water partition coefficient (Wildman–Crippen LogP) is 0.602. The van der Waals surface area contributed by atoms with E-state index in [-0.39, 0.29) is 30.4 Å². The van der Waals surface area contributed by atoms with Gasteiger partial charge in [0, 0.05) is 25.1 Å². The van der Waals surface area contributed by atoms with Gasteiger partial charge in [0.05, 0.1) is 0 Å². The van der Waals surface area contributed by atoms with E-state index < -0.39 is 22.4 Å². The molecule has 0 aliphatic heterocycles. The van der Waals surface area contributed by atoms with Crippen molar-refractivity contribution < 1.29 is 19.2 Å². The number of ether oxygens (including phenoxy) is 1. The third-order valence-corrected chi connectivity index (χ3v) is 3.94. The Labute approximate surface area is 135 Å². The first kappa shape index (κ1) is 15.6. The van der Waals surface area contributed by atoms with Gasteiger partial charge in [-0.1, -0.05) is 6.07 Å². The molecule has 0 saturated heterocycles. The summed E-state index contributed by atoms with van der Waals surface area (Å²) >= 11 is 0. The predicted molar refractivity (Wildman–Crippen MR) is 78.7 cm³/mol. The fraction of sp³-hybridized carbons (Fsp3) is 0.286. The van der Waals surface area contributed by atoms with Crippen molar-refractivity contribution in [3.05, 3.63) is 52.7 Å². The van der Waals surface area contributed by atoms with Gasteiger partial charge in [-0.2, -0.15) is 0 Å². The van der Waals surface area contributed by atoms with Crippen LogP contribution >= 0.6 is 0 Å². The van der Waals surface area contributed by atoms with Crippen LogP contribution in [0.3, 0.4) is 0 Å². The van der Waals surface area contributed by atoms with Crippen molar-refractivity contribution in [1.29, 1.82) is 0 Å². The van der Waals surface area contributed by atoms with Crippen molar-refractivity contribution in [2.45, 2.75) is 24.5 Å². The van der Waals surface area contributed by atoms with Crippen LogP contribution in [-0.2, 0) is 9.53 Å². The van der Waals surface area contributed by atoms with E-state index in [9.17, 15) is 19.7 Å². The summed E-state index contributed by atoms with van der Waals surface area (Å²) in [7, 11) is 0. The van der Waals surface area contributed by atoms with E-state index >= 15 is 0 Å². The fourth-order valence-electron chi connectivity index (χ4n) is 2.58. The molecule has 10 heteroatoms. The van der Waals surface area contributed by atoms with Gasteiger partial charge in [-0.15, -0.1) is 0 Å². The van der Waals surface area contributed by atoms with E-state index in [1.54, 1.807) is 12.1 Å². The van der Waals surface area contributed by atoms with E-state index in [1.165, 1.54) is 29.4 Å². The molecule has 1 amide bonds. The first-order valence-corrected chi connectivity index (χ1v) is 7.03. The first-order chi connectivity index (χ1) is 11.4. The molecule has 0 unspecified atom stereocenters. The highest BCUT2D eigenvalue weighted by molar-refractivity contribution is 5.92. The number of primary amides is 1. The molecule has 0 radical (unpaired) electrons. The van der Waals surface area contributed by atoms with E-state index in [4.69, 9.17) is 10.5 Å². The number of aromatic nitrogens is 3. The number of esters is 1. The number of rotatable bonds is 5. The van der Waals surface area contributed by atoms with Crippen LogP contribution in [0.5, 0.6) is 0 Å². The maximum absolute atomic E-state index is 12.1. The first-order valence-electron chi connectivity index (χ1n) is 7.03. The lowest BCUT2D eigenvalue weighted by Gasteiger charge is -2.43. The minimum Gasteiger partial charge on any atom is -0.444 e. The monoisotopic (exact) mass is 331 g/mol. The Morgan fingerprint density at radius 3 is 2.67 bits per heavy atom. The smallest absolute Gasteiger partial charge is 0.381 e. The van der Waals surface area contributed by atoms with Crippen LogP contribution in [0, 0.1) is 10.1 Å². The van der Waals surface area contributed by atoms with Crippen LogP contribution in [0.15, 0.2) is 36.9 Å². The number of pyridine rings is 1. The third kappa shape index (κ3) is 2.69. The van der Waals surface area contributed by atoms with Crippen LogP contribution in [0.1, 0.15) is 29.4 Å². The molecule has 0 spiro atoms. The third-order valence-electron chi connectivity index (χ3n) is 3.94. The van der Waals surface area contributed by atoms with E-state index in [2.05, 4.69) is 9.97 Å². The Morgan fingerprint density at radius 2 is 2.12 bits per heavy atom. The fourth-order valence-corrected chi connectivity index (χ4v) is 2.58. The van der Waals surface area contributed by atoms with E-state index in [1.807, 2.05) is 0 Å². The average Bonchev–Trinajstić information content (AvgIpc) is 3.00. The molecule has 0 bridgehead atoms. The van der Waals surface area contributed by atoms with Crippen molar-refractivity contribution in [2.24, 2.45) is 5.73 Å². The molecule has 2 aromatic heterocycles. The molecule has 1 saturated carbocycles. The summed E-state index contributed by atoms with van der Waals surface area (Å²) in [5.74, 6) is -1.81. The van der Waals surface area contributed by atoms with Gasteiger partial charge in [0.1, 0.15) is 11.9 Å². The number of carbonyl (C=O) groups excluding carboxylic acids is 2. The SMILES string of the molecule is NC(=O)C1(OC(=O)c2ccccn2)CC(n2cnc([N+](=O)[O-])c2)C1. The highest BCUT2D eigenvalue weighted by atomic mass is 16.6. The molecule has 2 N–H and O–H groups in total. The number of nitrogens with two attached hydrogens (primary N) is 1. The zero-order valence-electron chi connectivity index (χ0n) is 12.4. The lowest BCUT2D eigenvalue weighted by Crippen LogP contribution is -2.57. The Bertz CT molecular complexity index is 797. The van der Waals surface area contributed by atoms with Crippen molar-refractivity contribution in [2.75, 3.05) is 0 Å². The number of nitrogens with zero attached hydrogens (tertiary/aromatic N) is 4. The molecular formula is C14H13N5O5. The van der Waals surface area contributed by atoms with Crippen molar-refractivity contribution >= 4 is 17.7 Å². The molecule has 3 rings (SSSR count). The highest BCUT2D eigenvalue weighted by Crippen LogP contribution is 2.44. The van der Waals surface area contributed by atoms with Crippen molar-refractivity contribution in [3.63, 3.8) is 0 Å². The number of carbonyl (C=O) groups is 2. The van der Waals surface area contributed by atoms with Crippen LogP contribution in [0.4, 0.5) is 5.82 Å². The summed E-state index contributed by atoms with van der Waals surface area (Å²) in [6.07, 6.45) is 4.23. The number of nitro groups is 1. The summed E-state index contributed by atoms with van der Waals surface area (Å²) < 4.78 is 6.79. The van der Waals surface area contributed by atoms with Crippen LogP contribution in [0.2, 0.25) is 0 Å². The normalized spacial score (nSPS) is 22.4. The van der Waals surface area contributed by atoms with Gasteiger partial charge in [0.15, 0.2) is 5.60 Å². The van der Waals surface area contributed by atoms with Gasteiger partial charge >= 0.3 is 11.8 Å². The number of imidazole rings is 1. The van der Waals surface area contributed by atoms with Crippen LogP contribution < -0.4 is 5.73 Å². The molecule has 10 nitrogen and oxygen atoms in total. The Morgan fingerprint density at radius 1 is 1.38 bits per heavy atom. The number of hydrogen-bond donors (Lipinski definition) is 1. The topological polar surface area (TPSA) is 143 Å².